The first kappa shape index (κ1) is 13.0. The summed E-state index contributed by atoms with van der Waals surface area (Å²) in [6.07, 6.45) is 2.01. The molecule has 0 aliphatic carbocycles. The number of ether oxygens (including phenoxy) is 1. The Morgan fingerprint density at radius 1 is 1.33 bits per heavy atom. The average molecular weight is 264 g/mol. The number of fused-ring (bicyclic) bond motifs is 1. The van der Waals surface area contributed by atoms with Crippen molar-refractivity contribution in [2.75, 3.05) is 19.8 Å². The highest BCUT2D eigenvalue weighted by Gasteiger charge is 2.03. The number of nitrogens with zero attached hydrogens (tertiary/aromatic N) is 1. The second kappa shape index (κ2) is 5.95. The minimum Gasteiger partial charge on any atom is -0.394 e. The molecule has 3 N–H and O–H groups in total. The molecule has 0 atom stereocenters. The molecule has 2 rings (SSSR count). The molecule has 0 radical (unpaired) electrons. The number of nitrogens with two attached hydrogens (primary N) is 1. The summed E-state index contributed by atoms with van der Waals surface area (Å²) in [5.41, 5.74) is 7.61. The molecule has 0 aliphatic rings. The summed E-state index contributed by atoms with van der Waals surface area (Å²) in [4.78, 5) is 0.413. The highest BCUT2D eigenvalue weighted by Crippen LogP contribution is 2.17. The van der Waals surface area contributed by atoms with Gasteiger partial charge >= 0.3 is 0 Å². The molecule has 0 spiro atoms. The van der Waals surface area contributed by atoms with E-state index in [-0.39, 0.29) is 6.61 Å². The van der Waals surface area contributed by atoms with E-state index in [4.69, 9.17) is 27.8 Å². The van der Waals surface area contributed by atoms with Crippen molar-refractivity contribution in [1.82, 2.24) is 4.57 Å². The minimum atomic E-state index is 0.0593. The molecule has 0 unspecified atom stereocenters. The molecule has 5 heteroatoms. The van der Waals surface area contributed by atoms with Crippen molar-refractivity contribution in [3.8, 4) is 0 Å². The van der Waals surface area contributed by atoms with Crippen LogP contribution in [0.25, 0.3) is 10.9 Å². The predicted octanol–water partition coefficient (Wildman–Crippen LogP) is 1.28. The van der Waals surface area contributed by atoms with Gasteiger partial charge in [0.1, 0.15) is 4.99 Å². The van der Waals surface area contributed by atoms with Gasteiger partial charge in [-0.2, -0.15) is 0 Å². The third-order valence-electron chi connectivity index (χ3n) is 2.77. The van der Waals surface area contributed by atoms with E-state index >= 15 is 0 Å². The van der Waals surface area contributed by atoms with Crippen LogP contribution in [-0.2, 0) is 11.3 Å². The number of hydrogen-bond donors (Lipinski definition) is 2. The van der Waals surface area contributed by atoms with E-state index in [0.717, 1.165) is 23.0 Å². The molecule has 4 nitrogen and oxygen atoms in total. The summed E-state index contributed by atoms with van der Waals surface area (Å²) in [5.74, 6) is 0. The maximum Gasteiger partial charge on any atom is 0.104 e. The first-order chi connectivity index (χ1) is 8.72. The molecular formula is C13H16N2O2S. The zero-order valence-corrected chi connectivity index (χ0v) is 10.8. The zero-order valence-electron chi connectivity index (χ0n) is 10.0. The molecule has 0 bridgehead atoms. The number of aromatic nitrogens is 1. The van der Waals surface area contributed by atoms with Gasteiger partial charge in [-0.25, -0.2) is 0 Å². The van der Waals surface area contributed by atoms with Crippen LogP contribution >= 0.6 is 12.2 Å². The third kappa shape index (κ3) is 2.87. The van der Waals surface area contributed by atoms with E-state index < -0.39 is 0 Å². The van der Waals surface area contributed by atoms with Gasteiger partial charge in [-0.3, -0.25) is 0 Å². The Morgan fingerprint density at radius 2 is 2.17 bits per heavy atom. The van der Waals surface area contributed by atoms with Gasteiger partial charge in [-0.05, 0) is 24.3 Å². The van der Waals surface area contributed by atoms with Crippen LogP contribution in [0.15, 0.2) is 30.5 Å². The van der Waals surface area contributed by atoms with E-state index in [1.54, 1.807) is 0 Å². The summed E-state index contributed by atoms with van der Waals surface area (Å²) < 4.78 is 7.36. The zero-order chi connectivity index (χ0) is 13.0. The predicted molar refractivity (Wildman–Crippen MR) is 75.7 cm³/mol. The monoisotopic (exact) mass is 264 g/mol. The fourth-order valence-electron chi connectivity index (χ4n) is 1.88. The second-order valence-electron chi connectivity index (χ2n) is 3.98. The highest BCUT2D eigenvalue weighted by atomic mass is 32.1. The fourth-order valence-corrected chi connectivity index (χ4v) is 2.00. The van der Waals surface area contributed by atoms with Gasteiger partial charge in [0.2, 0.25) is 0 Å². The standard InChI is InChI=1S/C13H16N2O2S/c14-13(18)11-1-2-12-10(9-11)3-4-15(12)5-7-17-8-6-16/h1-4,9,16H,5-8H2,(H2,14,18). The molecule has 2 aromatic rings. The number of thiocarbonyl (C=S) groups is 1. The summed E-state index contributed by atoms with van der Waals surface area (Å²) in [5, 5.41) is 9.74. The number of benzene rings is 1. The molecule has 0 saturated heterocycles. The molecular weight excluding hydrogens is 248 g/mol. The Bertz CT molecular complexity index is 551. The van der Waals surface area contributed by atoms with Gasteiger partial charge in [0.25, 0.3) is 0 Å². The molecule has 18 heavy (non-hydrogen) atoms. The normalized spacial score (nSPS) is 10.9. The van der Waals surface area contributed by atoms with Crippen LogP contribution in [-0.4, -0.2) is 34.5 Å². The number of hydrogen-bond acceptors (Lipinski definition) is 3. The first-order valence-corrected chi connectivity index (χ1v) is 6.20. The molecule has 1 aromatic heterocycles. The van der Waals surface area contributed by atoms with Crippen LogP contribution in [0.5, 0.6) is 0 Å². The number of aliphatic hydroxyl groups excluding tert-OH is 1. The van der Waals surface area contributed by atoms with Crippen LogP contribution in [0.2, 0.25) is 0 Å². The Balaban J connectivity index is 2.13. The van der Waals surface area contributed by atoms with Crippen LogP contribution in [0.1, 0.15) is 5.56 Å². The Labute approximate surface area is 111 Å². The van der Waals surface area contributed by atoms with Gasteiger partial charge in [0, 0.05) is 29.2 Å². The summed E-state index contributed by atoms with van der Waals surface area (Å²) >= 11 is 4.96. The summed E-state index contributed by atoms with van der Waals surface area (Å²) in [7, 11) is 0. The van der Waals surface area contributed by atoms with Crippen LogP contribution in [0, 0.1) is 0 Å². The quantitative estimate of drug-likeness (QED) is 0.609. The summed E-state index contributed by atoms with van der Waals surface area (Å²) in [6.45, 7) is 1.78. The Hall–Kier alpha value is -1.43. The average Bonchev–Trinajstić information content (AvgIpc) is 2.77. The maximum atomic E-state index is 8.62. The van der Waals surface area contributed by atoms with Crippen molar-refractivity contribution >= 4 is 28.1 Å². The molecule has 1 heterocycles. The fraction of sp³-hybridized carbons (Fsp3) is 0.308. The molecule has 0 saturated carbocycles. The largest absolute Gasteiger partial charge is 0.394 e. The van der Waals surface area contributed by atoms with Crippen molar-refractivity contribution in [3.05, 3.63) is 36.0 Å². The van der Waals surface area contributed by atoms with E-state index in [0.29, 0.717) is 18.2 Å². The van der Waals surface area contributed by atoms with E-state index in [1.807, 2.05) is 30.5 Å². The van der Waals surface area contributed by atoms with Crippen LogP contribution in [0.4, 0.5) is 0 Å². The van der Waals surface area contributed by atoms with E-state index in [9.17, 15) is 0 Å². The first-order valence-electron chi connectivity index (χ1n) is 5.79. The lowest BCUT2D eigenvalue weighted by molar-refractivity contribution is 0.0875. The lowest BCUT2D eigenvalue weighted by Crippen LogP contribution is -2.09. The second-order valence-corrected chi connectivity index (χ2v) is 4.42. The van der Waals surface area contributed by atoms with Crippen molar-refractivity contribution in [2.24, 2.45) is 5.73 Å². The van der Waals surface area contributed by atoms with Gasteiger partial charge < -0.3 is 20.1 Å². The third-order valence-corrected chi connectivity index (χ3v) is 3.00. The Morgan fingerprint density at radius 3 is 2.89 bits per heavy atom. The smallest absolute Gasteiger partial charge is 0.104 e. The van der Waals surface area contributed by atoms with Crippen LogP contribution in [0.3, 0.4) is 0 Å². The molecule has 0 amide bonds. The maximum absolute atomic E-state index is 8.62. The van der Waals surface area contributed by atoms with Gasteiger partial charge in [0.05, 0.1) is 19.8 Å². The number of aliphatic hydroxyl groups is 1. The van der Waals surface area contributed by atoms with Gasteiger partial charge in [0.15, 0.2) is 0 Å². The SMILES string of the molecule is NC(=S)c1ccc2c(ccn2CCOCCO)c1. The van der Waals surface area contributed by atoms with Crippen molar-refractivity contribution < 1.29 is 9.84 Å². The van der Waals surface area contributed by atoms with Crippen molar-refractivity contribution in [1.29, 1.82) is 0 Å². The minimum absolute atomic E-state index is 0.0593. The number of rotatable bonds is 6. The Kier molecular flexibility index (Phi) is 4.30. The van der Waals surface area contributed by atoms with Gasteiger partial charge in [-0.1, -0.05) is 12.2 Å². The lowest BCUT2D eigenvalue weighted by atomic mass is 10.1. The molecule has 0 aliphatic heterocycles. The van der Waals surface area contributed by atoms with Crippen LogP contribution < -0.4 is 5.73 Å². The molecule has 1 aromatic carbocycles. The summed E-state index contributed by atoms with van der Waals surface area (Å²) in [6, 6.07) is 7.96. The molecule has 0 fully saturated rings. The van der Waals surface area contributed by atoms with E-state index in [1.165, 1.54) is 0 Å². The van der Waals surface area contributed by atoms with Gasteiger partial charge in [-0.15, -0.1) is 0 Å². The lowest BCUT2D eigenvalue weighted by Gasteiger charge is -2.06. The molecule has 96 valence electrons. The highest BCUT2D eigenvalue weighted by molar-refractivity contribution is 7.80. The van der Waals surface area contributed by atoms with E-state index in [2.05, 4.69) is 4.57 Å². The van der Waals surface area contributed by atoms with Crippen molar-refractivity contribution in [2.45, 2.75) is 6.54 Å². The van der Waals surface area contributed by atoms with Crippen molar-refractivity contribution in [3.63, 3.8) is 0 Å². The topological polar surface area (TPSA) is 60.4 Å².